The Hall–Kier alpha value is -0.251. The first kappa shape index (κ1) is 5.88. The van der Waals surface area contributed by atoms with Gasteiger partial charge in [0.15, 0.2) is 0 Å². The van der Waals surface area contributed by atoms with E-state index >= 15 is 0 Å². The van der Waals surface area contributed by atoms with Gasteiger partial charge >= 0.3 is 61.0 Å². The van der Waals surface area contributed by atoms with Crippen molar-refractivity contribution in [1.82, 2.24) is 4.98 Å². The summed E-state index contributed by atoms with van der Waals surface area (Å²) in [5.74, 6) is 0.610. The molecule has 2 N–H and O–H groups in total. The summed E-state index contributed by atoms with van der Waals surface area (Å²) < 4.78 is 1.05. The molecular formula is C5H5N2Sn. The van der Waals surface area contributed by atoms with Gasteiger partial charge in [-0.15, -0.1) is 0 Å². The zero-order chi connectivity index (χ0) is 5.98. The molecule has 1 rings (SSSR count). The standard InChI is InChI=1S/C5H5N2.Sn/c6-5-3-1-2-4-7-5;/h1-3H,(H2,6,7);. The SMILES string of the molecule is Nc1ccc[c]([Sn])n1. The number of nitrogens with two attached hydrogens (primary N) is 1. The van der Waals surface area contributed by atoms with E-state index in [1.165, 1.54) is 22.5 Å². The Kier molecular flexibility index (Phi) is 1.72. The van der Waals surface area contributed by atoms with Gasteiger partial charge < -0.3 is 0 Å². The Morgan fingerprint density at radius 1 is 1.50 bits per heavy atom. The molecule has 0 spiro atoms. The summed E-state index contributed by atoms with van der Waals surface area (Å²) in [5.41, 5.74) is 5.36. The Bertz CT molecular complexity index is 170. The zero-order valence-electron chi connectivity index (χ0n) is 4.26. The number of hydrogen-bond acceptors (Lipinski definition) is 2. The van der Waals surface area contributed by atoms with Crippen LogP contribution in [-0.2, 0) is 0 Å². The van der Waals surface area contributed by atoms with Crippen molar-refractivity contribution < 1.29 is 0 Å². The van der Waals surface area contributed by atoms with E-state index in [4.69, 9.17) is 5.73 Å². The number of aromatic nitrogens is 1. The Morgan fingerprint density at radius 3 is 2.62 bits per heavy atom. The van der Waals surface area contributed by atoms with E-state index in [0.717, 1.165) is 3.71 Å². The minimum absolute atomic E-state index is 0.610. The molecule has 0 aromatic carbocycles. The predicted molar refractivity (Wildman–Crippen MR) is 34.0 cm³/mol. The van der Waals surface area contributed by atoms with Crippen LogP contribution >= 0.6 is 0 Å². The summed E-state index contributed by atoms with van der Waals surface area (Å²) in [6, 6.07) is 5.65. The van der Waals surface area contributed by atoms with Crippen molar-refractivity contribution in [2.24, 2.45) is 0 Å². The first-order valence-corrected chi connectivity index (χ1v) is 3.66. The van der Waals surface area contributed by atoms with E-state index in [1.807, 2.05) is 12.1 Å². The Labute approximate surface area is 61.2 Å². The fourth-order valence-electron chi connectivity index (χ4n) is 0.451. The second kappa shape index (κ2) is 2.35. The topological polar surface area (TPSA) is 38.9 Å². The summed E-state index contributed by atoms with van der Waals surface area (Å²) in [7, 11) is 0. The van der Waals surface area contributed by atoms with Gasteiger partial charge in [-0.25, -0.2) is 0 Å². The van der Waals surface area contributed by atoms with Crippen LogP contribution in [0, 0.1) is 0 Å². The summed E-state index contributed by atoms with van der Waals surface area (Å²) in [6.07, 6.45) is 0. The molecule has 1 heterocycles. The summed E-state index contributed by atoms with van der Waals surface area (Å²) >= 11 is 1.31. The van der Waals surface area contributed by atoms with Crippen LogP contribution in [0.4, 0.5) is 5.82 Å². The van der Waals surface area contributed by atoms with E-state index in [2.05, 4.69) is 4.98 Å². The van der Waals surface area contributed by atoms with Gasteiger partial charge in [0.2, 0.25) is 0 Å². The number of nitrogen functional groups attached to an aromatic ring is 1. The van der Waals surface area contributed by atoms with Crippen LogP contribution in [0.5, 0.6) is 0 Å². The van der Waals surface area contributed by atoms with Crippen molar-refractivity contribution in [1.29, 1.82) is 0 Å². The molecule has 0 fully saturated rings. The molecule has 8 heavy (non-hydrogen) atoms. The van der Waals surface area contributed by atoms with Crippen molar-refractivity contribution in [2.45, 2.75) is 0 Å². The molecule has 0 saturated carbocycles. The van der Waals surface area contributed by atoms with Crippen LogP contribution in [0.25, 0.3) is 0 Å². The molecule has 2 nitrogen and oxygen atoms in total. The molecule has 0 aliphatic rings. The van der Waals surface area contributed by atoms with E-state index in [-0.39, 0.29) is 0 Å². The Balaban J connectivity index is 3.08. The molecule has 3 radical (unpaired) electrons. The molecule has 0 aliphatic heterocycles. The molecule has 1 aromatic heterocycles. The zero-order valence-corrected chi connectivity index (χ0v) is 7.11. The van der Waals surface area contributed by atoms with Gasteiger partial charge in [0.1, 0.15) is 0 Å². The van der Waals surface area contributed by atoms with E-state index in [1.54, 1.807) is 6.07 Å². The van der Waals surface area contributed by atoms with Gasteiger partial charge in [0.05, 0.1) is 0 Å². The average molecular weight is 212 g/mol. The second-order valence-corrected chi connectivity index (χ2v) is 2.91. The van der Waals surface area contributed by atoms with Crippen LogP contribution < -0.4 is 9.44 Å². The molecule has 0 saturated heterocycles. The van der Waals surface area contributed by atoms with Crippen LogP contribution in [0.2, 0.25) is 0 Å². The number of anilines is 1. The molecule has 0 amide bonds. The molecule has 0 bridgehead atoms. The maximum atomic E-state index is 5.36. The average Bonchev–Trinajstić information content (AvgIpc) is 1.64. The monoisotopic (exact) mass is 213 g/mol. The second-order valence-electron chi connectivity index (χ2n) is 1.45. The van der Waals surface area contributed by atoms with Crippen molar-refractivity contribution in [3.8, 4) is 0 Å². The predicted octanol–water partition coefficient (Wildman–Crippen LogP) is -0.542. The molecular weight excluding hydrogens is 207 g/mol. The summed E-state index contributed by atoms with van der Waals surface area (Å²) in [5, 5.41) is 0. The first-order valence-electron chi connectivity index (χ1n) is 2.23. The summed E-state index contributed by atoms with van der Waals surface area (Å²) in [6.45, 7) is 0. The third-order valence-electron chi connectivity index (χ3n) is 0.771. The third-order valence-corrected chi connectivity index (χ3v) is 1.57. The Morgan fingerprint density at radius 2 is 2.25 bits per heavy atom. The van der Waals surface area contributed by atoms with Crippen LogP contribution in [-0.4, -0.2) is 27.5 Å². The molecule has 0 aliphatic carbocycles. The summed E-state index contributed by atoms with van der Waals surface area (Å²) in [4.78, 5) is 3.99. The minimum atomic E-state index is 0.610. The van der Waals surface area contributed by atoms with Gasteiger partial charge in [0, 0.05) is 0 Å². The third kappa shape index (κ3) is 1.36. The normalized spacial score (nSPS) is 9.12. The van der Waals surface area contributed by atoms with Gasteiger partial charge in [-0.05, 0) is 0 Å². The molecule has 0 atom stereocenters. The van der Waals surface area contributed by atoms with E-state index < -0.39 is 0 Å². The van der Waals surface area contributed by atoms with Gasteiger partial charge in [-0.1, -0.05) is 0 Å². The van der Waals surface area contributed by atoms with E-state index in [0.29, 0.717) is 5.82 Å². The van der Waals surface area contributed by atoms with Crippen molar-refractivity contribution >= 4 is 32.1 Å². The quantitative estimate of drug-likeness (QED) is 0.586. The number of rotatable bonds is 0. The van der Waals surface area contributed by atoms with Crippen molar-refractivity contribution in [3.63, 3.8) is 0 Å². The van der Waals surface area contributed by atoms with Crippen molar-refractivity contribution in [3.05, 3.63) is 18.2 Å². The van der Waals surface area contributed by atoms with Gasteiger partial charge in [-0.2, -0.15) is 0 Å². The number of nitrogens with zero attached hydrogens (tertiary/aromatic N) is 1. The number of pyridine rings is 1. The van der Waals surface area contributed by atoms with Crippen LogP contribution in [0.15, 0.2) is 18.2 Å². The maximum absolute atomic E-state index is 5.36. The number of hydrogen-bond donors (Lipinski definition) is 1. The van der Waals surface area contributed by atoms with Crippen LogP contribution in [0.3, 0.4) is 0 Å². The van der Waals surface area contributed by atoms with Gasteiger partial charge in [0.25, 0.3) is 0 Å². The fraction of sp³-hybridized carbons (Fsp3) is 0. The molecule has 3 heteroatoms. The fourth-order valence-corrected chi connectivity index (χ4v) is 1.09. The molecule has 0 unspecified atom stereocenters. The van der Waals surface area contributed by atoms with E-state index in [9.17, 15) is 0 Å². The first-order chi connectivity index (χ1) is 3.79. The molecule has 1 aromatic rings. The van der Waals surface area contributed by atoms with Crippen molar-refractivity contribution in [2.75, 3.05) is 5.73 Å². The van der Waals surface area contributed by atoms with Gasteiger partial charge in [-0.3, -0.25) is 0 Å². The molecule has 39 valence electrons. The van der Waals surface area contributed by atoms with Crippen LogP contribution in [0.1, 0.15) is 0 Å².